The van der Waals surface area contributed by atoms with Gasteiger partial charge in [-0.05, 0) is 59.6 Å². The van der Waals surface area contributed by atoms with E-state index in [4.69, 9.17) is 4.74 Å². The van der Waals surface area contributed by atoms with Crippen molar-refractivity contribution in [3.8, 4) is 5.75 Å². The number of rotatable bonds is 5. The summed E-state index contributed by atoms with van der Waals surface area (Å²) in [5.41, 5.74) is 3.90. The third-order valence-electron chi connectivity index (χ3n) is 2.73. The highest BCUT2D eigenvalue weighted by atomic mass is 79.9. The van der Waals surface area contributed by atoms with Gasteiger partial charge < -0.3 is 4.74 Å². The summed E-state index contributed by atoms with van der Waals surface area (Å²) in [6.45, 7) is 3.94. The molecule has 1 amide bonds. The lowest BCUT2D eigenvalue weighted by Gasteiger charge is -2.09. The second kappa shape index (κ2) is 7.75. The van der Waals surface area contributed by atoms with Crippen LogP contribution in [0.4, 0.5) is 0 Å². The maximum Gasteiger partial charge on any atom is 0.272 e. The van der Waals surface area contributed by atoms with Crippen molar-refractivity contribution < 1.29 is 9.53 Å². The van der Waals surface area contributed by atoms with Crippen LogP contribution >= 0.6 is 15.9 Å². The Bertz CT molecular complexity index is 684. The maximum absolute atomic E-state index is 12.0. The number of benzene rings is 2. The molecule has 0 aliphatic carbocycles. The van der Waals surface area contributed by atoms with Crippen LogP contribution in [0, 0.1) is 0 Å². The van der Waals surface area contributed by atoms with Gasteiger partial charge in [-0.15, -0.1) is 0 Å². The molecule has 5 heteroatoms. The number of nitrogens with one attached hydrogen (secondary N) is 1. The van der Waals surface area contributed by atoms with Gasteiger partial charge in [0.2, 0.25) is 0 Å². The number of carbonyl (C=O) groups excluding carboxylic acids is 1. The molecule has 0 fully saturated rings. The molecule has 0 saturated carbocycles. The summed E-state index contributed by atoms with van der Waals surface area (Å²) in [5.74, 6) is 0.509. The fourth-order valence-electron chi connectivity index (χ4n) is 1.81. The van der Waals surface area contributed by atoms with E-state index >= 15 is 0 Å². The zero-order chi connectivity index (χ0) is 15.9. The van der Waals surface area contributed by atoms with Crippen molar-refractivity contribution in [2.75, 3.05) is 0 Å². The van der Waals surface area contributed by atoms with E-state index in [1.54, 1.807) is 18.3 Å². The van der Waals surface area contributed by atoms with E-state index < -0.39 is 0 Å². The van der Waals surface area contributed by atoms with Gasteiger partial charge in [0.05, 0.1) is 17.9 Å². The molecule has 1 N–H and O–H groups in total. The van der Waals surface area contributed by atoms with Crippen LogP contribution in [-0.4, -0.2) is 18.2 Å². The average molecular weight is 361 g/mol. The highest BCUT2D eigenvalue weighted by molar-refractivity contribution is 9.10. The van der Waals surface area contributed by atoms with Crippen molar-refractivity contribution in [1.82, 2.24) is 5.43 Å². The Hall–Kier alpha value is -2.14. The van der Waals surface area contributed by atoms with Crippen LogP contribution in [0.2, 0.25) is 0 Å². The molecule has 114 valence electrons. The smallest absolute Gasteiger partial charge is 0.272 e. The molecule has 0 radical (unpaired) electrons. The lowest BCUT2D eigenvalue weighted by atomic mass is 10.2. The Morgan fingerprint density at radius 1 is 1.23 bits per heavy atom. The van der Waals surface area contributed by atoms with Crippen LogP contribution in [-0.2, 0) is 0 Å². The Balaban J connectivity index is 2.01. The van der Waals surface area contributed by atoms with Gasteiger partial charge in [-0.3, -0.25) is 4.79 Å². The Morgan fingerprint density at radius 2 is 2.00 bits per heavy atom. The predicted molar refractivity (Wildman–Crippen MR) is 91.4 cm³/mol. The molecule has 0 aliphatic rings. The fourth-order valence-corrected chi connectivity index (χ4v) is 2.28. The summed E-state index contributed by atoms with van der Waals surface area (Å²) in [6.07, 6.45) is 1.70. The van der Waals surface area contributed by atoms with E-state index in [0.29, 0.717) is 5.56 Å². The highest BCUT2D eigenvalue weighted by Gasteiger charge is 2.07. The number of ether oxygens (including phenoxy) is 1. The highest BCUT2D eigenvalue weighted by Crippen LogP contribution is 2.16. The maximum atomic E-state index is 12.0. The largest absolute Gasteiger partial charge is 0.491 e. The van der Waals surface area contributed by atoms with E-state index in [1.807, 2.05) is 50.2 Å². The van der Waals surface area contributed by atoms with Crippen LogP contribution < -0.4 is 10.2 Å². The Kier molecular flexibility index (Phi) is 5.72. The molecule has 2 rings (SSSR count). The number of halogens is 1. The van der Waals surface area contributed by atoms with Crippen molar-refractivity contribution in [2.24, 2.45) is 5.10 Å². The minimum Gasteiger partial charge on any atom is -0.491 e. The number of hydrogen-bond acceptors (Lipinski definition) is 3. The monoisotopic (exact) mass is 360 g/mol. The fraction of sp³-hybridized carbons (Fsp3) is 0.176. The third-order valence-corrected chi connectivity index (χ3v) is 3.42. The number of hydrazone groups is 1. The zero-order valence-corrected chi connectivity index (χ0v) is 14.0. The minimum atomic E-state index is -0.265. The molecule has 4 nitrogen and oxygen atoms in total. The minimum absolute atomic E-state index is 0.113. The van der Waals surface area contributed by atoms with Gasteiger partial charge in [-0.25, -0.2) is 5.43 Å². The summed E-state index contributed by atoms with van der Waals surface area (Å²) in [6, 6.07) is 14.7. The first-order chi connectivity index (χ1) is 10.6. The molecular weight excluding hydrogens is 344 g/mol. The average Bonchev–Trinajstić information content (AvgIpc) is 2.47. The first-order valence-electron chi connectivity index (χ1n) is 6.91. The summed E-state index contributed by atoms with van der Waals surface area (Å²) < 4.78 is 6.34. The van der Waals surface area contributed by atoms with Crippen molar-refractivity contribution in [3.05, 3.63) is 64.1 Å². The van der Waals surface area contributed by atoms with E-state index in [0.717, 1.165) is 15.8 Å². The molecule has 0 bridgehead atoms. The van der Waals surface area contributed by atoms with Crippen molar-refractivity contribution >= 4 is 28.1 Å². The molecule has 0 heterocycles. The molecule has 2 aromatic carbocycles. The molecule has 0 aliphatic heterocycles. The van der Waals surface area contributed by atoms with E-state index in [1.165, 1.54) is 0 Å². The molecule has 0 spiro atoms. The molecular formula is C17H17BrN2O2. The predicted octanol–water partition coefficient (Wildman–Crippen LogP) is 4.00. The van der Waals surface area contributed by atoms with Crippen LogP contribution in [0.25, 0.3) is 0 Å². The molecule has 0 saturated heterocycles. The van der Waals surface area contributed by atoms with Crippen LogP contribution in [0.3, 0.4) is 0 Å². The zero-order valence-electron chi connectivity index (χ0n) is 12.4. The number of amides is 1. The summed E-state index contributed by atoms with van der Waals surface area (Å²) >= 11 is 3.34. The standard InChI is InChI=1S/C17H17BrN2O2/c1-12(2)22-14-7-5-6-13(10-14)11-19-20-17(21)15-8-3-4-9-16(15)18/h3-12H,1-2H3,(H,20,21)/b19-11-. The van der Waals surface area contributed by atoms with E-state index in [2.05, 4.69) is 26.5 Å². The van der Waals surface area contributed by atoms with Gasteiger partial charge in [0, 0.05) is 4.47 Å². The molecule has 2 aromatic rings. The second-order valence-electron chi connectivity index (χ2n) is 4.92. The number of hydrogen-bond donors (Lipinski definition) is 1. The first kappa shape index (κ1) is 16.2. The Labute approximate surface area is 138 Å². The van der Waals surface area contributed by atoms with Crippen LogP contribution in [0.5, 0.6) is 5.75 Å². The normalized spacial score (nSPS) is 10.9. The van der Waals surface area contributed by atoms with Gasteiger partial charge in [0.15, 0.2) is 0 Å². The summed E-state index contributed by atoms with van der Waals surface area (Å²) in [4.78, 5) is 12.0. The van der Waals surface area contributed by atoms with E-state index in [-0.39, 0.29) is 12.0 Å². The molecule has 0 atom stereocenters. The van der Waals surface area contributed by atoms with Crippen molar-refractivity contribution in [1.29, 1.82) is 0 Å². The third kappa shape index (κ3) is 4.70. The van der Waals surface area contributed by atoms with Gasteiger partial charge in [0.25, 0.3) is 5.91 Å². The number of carbonyl (C=O) groups is 1. The quantitative estimate of drug-likeness (QED) is 0.647. The summed E-state index contributed by atoms with van der Waals surface area (Å²) in [5, 5.41) is 3.98. The molecule has 22 heavy (non-hydrogen) atoms. The number of nitrogens with zero attached hydrogens (tertiary/aromatic N) is 1. The van der Waals surface area contributed by atoms with Gasteiger partial charge in [-0.2, -0.15) is 5.10 Å². The van der Waals surface area contributed by atoms with Gasteiger partial charge >= 0.3 is 0 Å². The molecule has 0 aromatic heterocycles. The van der Waals surface area contributed by atoms with Crippen molar-refractivity contribution in [2.45, 2.75) is 20.0 Å². The lowest BCUT2D eigenvalue weighted by Crippen LogP contribution is -2.18. The second-order valence-corrected chi connectivity index (χ2v) is 5.77. The topological polar surface area (TPSA) is 50.7 Å². The molecule has 0 unspecified atom stereocenters. The first-order valence-corrected chi connectivity index (χ1v) is 7.70. The van der Waals surface area contributed by atoms with Crippen LogP contribution in [0.1, 0.15) is 29.8 Å². The Morgan fingerprint density at radius 3 is 2.73 bits per heavy atom. The SMILES string of the molecule is CC(C)Oc1cccc(/C=N\NC(=O)c2ccccc2Br)c1. The van der Waals surface area contributed by atoms with E-state index in [9.17, 15) is 4.79 Å². The van der Waals surface area contributed by atoms with Crippen molar-refractivity contribution in [3.63, 3.8) is 0 Å². The summed E-state index contributed by atoms with van der Waals surface area (Å²) in [7, 11) is 0. The van der Waals surface area contributed by atoms with Gasteiger partial charge in [-0.1, -0.05) is 24.3 Å². The van der Waals surface area contributed by atoms with Gasteiger partial charge in [0.1, 0.15) is 5.75 Å². The lowest BCUT2D eigenvalue weighted by molar-refractivity contribution is 0.0954. The van der Waals surface area contributed by atoms with Crippen LogP contribution in [0.15, 0.2) is 58.1 Å².